The van der Waals surface area contributed by atoms with Gasteiger partial charge < -0.3 is 5.64 Å². The fourth-order valence-corrected chi connectivity index (χ4v) is 0.871. The zero-order valence-electron chi connectivity index (χ0n) is 6.98. The van der Waals surface area contributed by atoms with E-state index >= 15 is 0 Å². The summed E-state index contributed by atoms with van der Waals surface area (Å²) >= 11 is 0. The SMILES string of the molecule is NBc1ccccccccc1. The van der Waals surface area contributed by atoms with Crippen LogP contribution in [0.15, 0.2) is 54.6 Å². The number of hydrogen-bond donors (Lipinski definition) is 1. The third-order valence-electron chi connectivity index (χ3n) is 1.52. The van der Waals surface area contributed by atoms with Crippen LogP contribution >= 0.6 is 0 Å². The highest BCUT2D eigenvalue weighted by Gasteiger charge is 1.81. The first kappa shape index (κ1) is 8.82. The lowest BCUT2D eigenvalue weighted by Crippen LogP contribution is -2.21. The molecule has 0 heterocycles. The molecule has 0 radical (unpaired) electrons. The first-order valence-corrected chi connectivity index (χ1v) is 4.01. The second-order valence-electron chi connectivity index (χ2n) is 2.46. The van der Waals surface area contributed by atoms with E-state index in [9.17, 15) is 0 Å². The Bertz CT molecular complexity index is 260. The van der Waals surface area contributed by atoms with Gasteiger partial charge in [-0.25, -0.2) is 0 Å². The standard InChI is InChI=1S/C10H12BN/c12-11-10-8-6-4-2-1-3-5-7-9-10/h1-9,11H,12H2. The highest BCUT2D eigenvalue weighted by Crippen LogP contribution is 1.79. The molecule has 1 nitrogen and oxygen atoms in total. The van der Waals surface area contributed by atoms with Crippen LogP contribution in [0, 0.1) is 0 Å². The van der Waals surface area contributed by atoms with Gasteiger partial charge in [-0.1, -0.05) is 60.1 Å². The normalized spacial score (nSPS) is 8.42. The van der Waals surface area contributed by atoms with Crippen molar-refractivity contribution in [2.24, 2.45) is 5.64 Å². The molecule has 2 N–H and O–H groups in total. The summed E-state index contributed by atoms with van der Waals surface area (Å²) in [4.78, 5) is 0. The summed E-state index contributed by atoms with van der Waals surface area (Å²) < 4.78 is 0. The zero-order chi connectivity index (χ0) is 8.65. The van der Waals surface area contributed by atoms with Gasteiger partial charge in [-0.3, -0.25) is 0 Å². The van der Waals surface area contributed by atoms with Crippen molar-refractivity contribution in [2.45, 2.75) is 0 Å². The van der Waals surface area contributed by atoms with Gasteiger partial charge >= 0.3 is 0 Å². The molecular weight excluding hydrogens is 145 g/mol. The largest absolute Gasteiger partial charge is 0.369 e. The fraction of sp³-hybridized carbons (Fsp3) is 0. The van der Waals surface area contributed by atoms with Gasteiger partial charge in [-0.2, -0.15) is 0 Å². The maximum absolute atomic E-state index is 5.52. The summed E-state index contributed by atoms with van der Waals surface area (Å²) in [6.07, 6.45) is 0. The molecule has 0 fully saturated rings. The summed E-state index contributed by atoms with van der Waals surface area (Å²) in [5.41, 5.74) is 6.65. The molecule has 0 saturated heterocycles. The Morgan fingerprint density at radius 2 is 1.17 bits per heavy atom. The van der Waals surface area contributed by atoms with Gasteiger partial charge in [-0.05, 0) is 0 Å². The van der Waals surface area contributed by atoms with E-state index in [2.05, 4.69) is 0 Å². The smallest absolute Gasteiger partial charge is 0.233 e. The van der Waals surface area contributed by atoms with E-state index in [0.717, 1.165) is 5.46 Å². The molecule has 0 saturated carbocycles. The molecule has 0 aromatic heterocycles. The van der Waals surface area contributed by atoms with Crippen molar-refractivity contribution in [2.75, 3.05) is 0 Å². The number of rotatable bonds is 1. The van der Waals surface area contributed by atoms with Gasteiger partial charge in [-0.15, -0.1) is 0 Å². The molecule has 1 rings (SSSR count). The van der Waals surface area contributed by atoms with Crippen molar-refractivity contribution in [3.05, 3.63) is 54.6 Å². The molecule has 0 unspecified atom stereocenters. The Morgan fingerprint density at radius 1 is 0.750 bits per heavy atom. The van der Waals surface area contributed by atoms with Crippen molar-refractivity contribution in [1.82, 2.24) is 0 Å². The van der Waals surface area contributed by atoms with E-state index in [0.29, 0.717) is 7.41 Å². The van der Waals surface area contributed by atoms with E-state index in [1.54, 1.807) is 0 Å². The van der Waals surface area contributed by atoms with Crippen molar-refractivity contribution in [3.8, 4) is 0 Å². The van der Waals surface area contributed by atoms with Crippen LogP contribution in [0.4, 0.5) is 0 Å². The molecule has 0 bridgehead atoms. The minimum absolute atomic E-state index is 0.582. The van der Waals surface area contributed by atoms with Crippen LogP contribution in [-0.2, 0) is 0 Å². The lowest BCUT2D eigenvalue weighted by atomic mass is 9.86. The van der Waals surface area contributed by atoms with E-state index in [1.165, 1.54) is 0 Å². The molecule has 0 spiro atoms. The summed E-state index contributed by atoms with van der Waals surface area (Å²) in [6.45, 7) is 0. The third kappa shape index (κ3) is 3.22. The second kappa shape index (κ2) is 5.39. The van der Waals surface area contributed by atoms with Crippen molar-refractivity contribution >= 4 is 12.9 Å². The molecule has 0 amide bonds. The molecule has 60 valence electrons. The Morgan fingerprint density at radius 3 is 1.58 bits per heavy atom. The molecule has 0 aliphatic carbocycles. The average molecular weight is 157 g/mol. The zero-order valence-corrected chi connectivity index (χ0v) is 6.98. The molecule has 12 heavy (non-hydrogen) atoms. The van der Waals surface area contributed by atoms with Gasteiger partial charge in [0.2, 0.25) is 7.41 Å². The molecule has 1 aromatic carbocycles. The van der Waals surface area contributed by atoms with Crippen LogP contribution < -0.4 is 11.1 Å². The van der Waals surface area contributed by atoms with E-state index < -0.39 is 0 Å². The second-order valence-corrected chi connectivity index (χ2v) is 2.46. The first-order chi connectivity index (χ1) is 5.93. The Balaban J connectivity index is 3.07. The lowest BCUT2D eigenvalue weighted by molar-refractivity contribution is 1.74. The molecule has 2 heteroatoms. The van der Waals surface area contributed by atoms with Gasteiger partial charge in [0.25, 0.3) is 0 Å². The molecule has 0 aliphatic heterocycles. The van der Waals surface area contributed by atoms with Crippen LogP contribution in [0.1, 0.15) is 0 Å². The van der Waals surface area contributed by atoms with E-state index in [-0.39, 0.29) is 0 Å². The van der Waals surface area contributed by atoms with Crippen LogP contribution in [0.3, 0.4) is 0 Å². The van der Waals surface area contributed by atoms with Crippen LogP contribution in [-0.4, -0.2) is 7.41 Å². The Labute approximate surface area is 73.8 Å². The summed E-state index contributed by atoms with van der Waals surface area (Å²) in [5.74, 6) is 0. The van der Waals surface area contributed by atoms with Crippen LogP contribution in [0.5, 0.6) is 0 Å². The quantitative estimate of drug-likeness (QED) is 0.598. The summed E-state index contributed by atoms with van der Waals surface area (Å²) in [6, 6.07) is 17.9. The molecule has 0 atom stereocenters. The number of nitrogens with two attached hydrogens (primary N) is 1. The van der Waals surface area contributed by atoms with E-state index in [1.807, 2.05) is 54.6 Å². The summed E-state index contributed by atoms with van der Waals surface area (Å²) in [7, 11) is 0.582. The third-order valence-corrected chi connectivity index (χ3v) is 1.52. The van der Waals surface area contributed by atoms with Crippen LogP contribution in [0.2, 0.25) is 0 Å². The van der Waals surface area contributed by atoms with Crippen molar-refractivity contribution in [1.29, 1.82) is 0 Å². The predicted molar refractivity (Wildman–Crippen MR) is 55.0 cm³/mol. The van der Waals surface area contributed by atoms with Gasteiger partial charge in [0.15, 0.2) is 0 Å². The van der Waals surface area contributed by atoms with Gasteiger partial charge in [0.1, 0.15) is 0 Å². The molecular formula is C10H12BN. The van der Waals surface area contributed by atoms with Crippen molar-refractivity contribution in [3.63, 3.8) is 0 Å². The average Bonchev–Trinajstić information content (AvgIpc) is 2.14. The monoisotopic (exact) mass is 157 g/mol. The van der Waals surface area contributed by atoms with Gasteiger partial charge in [0, 0.05) is 0 Å². The summed E-state index contributed by atoms with van der Waals surface area (Å²) in [5, 5.41) is 0. The predicted octanol–water partition coefficient (Wildman–Crippen LogP) is 0.746. The van der Waals surface area contributed by atoms with E-state index in [4.69, 9.17) is 5.64 Å². The van der Waals surface area contributed by atoms with Crippen molar-refractivity contribution < 1.29 is 0 Å². The topological polar surface area (TPSA) is 26.0 Å². The molecule has 1 aromatic rings. The highest BCUT2D eigenvalue weighted by atomic mass is 14.3. The maximum atomic E-state index is 5.52. The lowest BCUT2D eigenvalue weighted by Gasteiger charge is -1.85. The Kier molecular flexibility index (Phi) is 3.96. The maximum Gasteiger partial charge on any atom is 0.233 e. The fourth-order valence-electron chi connectivity index (χ4n) is 0.871. The van der Waals surface area contributed by atoms with Crippen LogP contribution in [0.25, 0.3) is 0 Å². The van der Waals surface area contributed by atoms with Gasteiger partial charge in [0.05, 0.1) is 0 Å². The first-order valence-electron chi connectivity index (χ1n) is 4.01. The Hall–Kier alpha value is -1.28. The minimum atomic E-state index is 0.582. The number of hydrogen-bond acceptors (Lipinski definition) is 1. The minimum Gasteiger partial charge on any atom is -0.369 e. The highest BCUT2D eigenvalue weighted by molar-refractivity contribution is 6.49. The molecule has 0 aliphatic rings.